The molecule has 8 heteroatoms. The third kappa shape index (κ3) is 4.71. The SMILES string of the molecule is CC(=O)OC(N)C(N)(OC(C)=O)OC(C)=O. The molecule has 0 radical (unpaired) electrons. The van der Waals surface area contributed by atoms with Crippen molar-refractivity contribution in [2.45, 2.75) is 32.9 Å². The van der Waals surface area contributed by atoms with Crippen LogP contribution >= 0.6 is 0 Å². The number of ether oxygens (including phenoxy) is 3. The van der Waals surface area contributed by atoms with Crippen molar-refractivity contribution in [3.63, 3.8) is 0 Å². The van der Waals surface area contributed by atoms with E-state index in [0.29, 0.717) is 0 Å². The zero-order valence-corrected chi connectivity index (χ0v) is 9.18. The van der Waals surface area contributed by atoms with Crippen molar-refractivity contribution >= 4 is 17.9 Å². The quantitative estimate of drug-likeness (QED) is 0.447. The molecule has 0 saturated heterocycles. The second-order valence-corrected chi connectivity index (χ2v) is 2.94. The average molecular weight is 234 g/mol. The Morgan fingerprint density at radius 3 is 1.62 bits per heavy atom. The molecular formula is C8H14N2O6. The number of carbonyl (C=O) groups excluding carboxylic acids is 3. The van der Waals surface area contributed by atoms with E-state index < -0.39 is 30.0 Å². The Bertz CT molecular complexity index is 287. The van der Waals surface area contributed by atoms with Gasteiger partial charge in [-0.3, -0.25) is 25.9 Å². The Balaban J connectivity index is 4.82. The molecule has 16 heavy (non-hydrogen) atoms. The highest BCUT2D eigenvalue weighted by molar-refractivity contribution is 5.69. The normalized spacial score (nSPS) is 12.6. The van der Waals surface area contributed by atoms with Gasteiger partial charge in [0, 0.05) is 20.8 Å². The van der Waals surface area contributed by atoms with E-state index in [4.69, 9.17) is 11.5 Å². The maximum absolute atomic E-state index is 10.7. The second-order valence-electron chi connectivity index (χ2n) is 2.94. The van der Waals surface area contributed by atoms with Gasteiger partial charge in [-0.05, 0) is 0 Å². The summed E-state index contributed by atoms with van der Waals surface area (Å²) >= 11 is 0. The molecule has 92 valence electrons. The molecule has 0 spiro atoms. The van der Waals surface area contributed by atoms with Gasteiger partial charge >= 0.3 is 23.8 Å². The van der Waals surface area contributed by atoms with Gasteiger partial charge in [-0.1, -0.05) is 0 Å². The van der Waals surface area contributed by atoms with Gasteiger partial charge in [0.25, 0.3) is 0 Å². The Morgan fingerprint density at radius 1 is 1.00 bits per heavy atom. The molecule has 0 saturated carbocycles. The van der Waals surface area contributed by atoms with Crippen molar-refractivity contribution in [2.24, 2.45) is 11.5 Å². The maximum Gasteiger partial charge on any atom is 0.368 e. The lowest BCUT2D eigenvalue weighted by Crippen LogP contribution is -2.62. The molecule has 0 rings (SSSR count). The molecule has 4 N–H and O–H groups in total. The van der Waals surface area contributed by atoms with E-state index in [0.717, 1.165) is 20.8 Å². The summed E-state index contributed by atoms with van der Waals surface area (Å²) in [6, 6.07) is 0. The largest absolute Gasteiger partial charge is 0.437 e. The smallest absolute Gasteiger partial charge is 0.368 e. The van der Waals surface area contributed by atoms with Gasteiger partial charge in [0.15, 0.2) is 0 Å². The van der Waals surface area contributed by atoms with Crippen LogP contribution in [0.15, 0.2) is 0 Å². The van der Waals surface area contributed by atoms with Crippen LogP contribution in [-0.2, 0) is 28.6 Å². The first kappa shape index (κ1) is 14.3. The highest BCUT2D eigenvalue weighted by Gasteiger charge is 2.42. The molecule has 0 amide bonds. The molecule has 0 aliphatic carbocycles. The monoisotopic (exact) mass is 234 g/mol. The van der Waals surface area contributed by atoms with Crippen LogP contribution in [0.3, 0.4) is 0 Å². The fraction of sp³-hybridized carbons (Fsp3) is 0.625. The van der Waals surface area contributed by atoms with Crippen LogP contribution in [0, 0.1) is 0 Å². The Labute approximate surface area is 91.8 Å². The van der Waals surface area contributed by atoms with Gasteiger partial charge in [-0.2, -0.15) is 0 Å². The van der Waals surface area contributed by atoms with E-state index in [2.05, 4.69) is 14.2 Å². The lowest BCUT2D eigenvalue weighted by atomic mass is 10.4. The van der Waals surface area contributed by atoms with Crippen LogP contribution in [0.2, 0.25) is 0 Å². The van der Waals surface area contributed by atoms with Crippen LogP contribution in [-0.4, -0.2) is 30.0 Å². The molecule has 0 fully saturated rings. The molecule has 0 aromatic carbocycles. The van der Waals surface area contributed by atoms with E-state index in [1.54, 1.807) is 0 Å². The fourth-order valence-corrected chi connectivity index (χ4v) is 0.847. The topological polar surface area (TPSA) is 131 Å². The third-order valence-electron chi connectivity index (χ3n) is 1.30. The summed E-state index contributed by atoms with van der Waals surface area (Å²) in [5.74, 6) is -4.78. The van der Waals surface area contributed by atoms with E-state index in [1.807, 2.05) is 0 Å². The lowest BCUT2D eigenvalue weighted by Gasteiger charge is -2.31. The zero-order chi connectivity index (χ0) is 12.9. The van der Waals surface area contributed by atoms with Gasteiger partial charge in [0.1, 0.15) is 0 Å². The van der Waals surface area contributed by atoms with Gasteiger partial charge < -0.3 is 14.2 Å². The highest BCUT2D eigenvalue weighted by atomic mass is 16.8. The number of rotatable bonds is 4. The van der Waals surface area contributed by atoms with Crippen LogP contribution in [0.25, 0.3) is 0 Å². The van der Waals surface area contributed by atoms with Crippen molar-refractivity contribution in [3.8, 4) is 0 Å². The fourth-order valence-electron chi connectivity index (χ4n) is 0.847. The summed E-state index contributed by atoms with van der Waals surface area (Å²) < 4.78 is 13.5. The summed E-state index contributed by atoms with van der Waals surface area (Å²) in [5, 5.41) is 0. The first-order valence-electron chi connectivity index (χ1n) is 4.28. The van der Waals surface area contributed by atoms with Crippen molar-refractivity contribution in [1.29, 1.82) is 0 Å². The third-order valence-corrected chi connectivity index (χ3v) is 1.30. The minimum absolute atomic E-state index is 0.762. The van der Waals surface area contributed by atoms with Gasteiger partial charge in [-0.15, -0.1) is 0 Å². The predicted molar refractivity (Wildman–Crippen MR) is 50.2 cm³/mol. The minimum atomic E-state index is -2.33. The molecule has 1 atom stereocenters. The summed E-state index contributed by atoms with van der Waals surface area (Å²) in [6.45, 7) is 3.14. The first-order valence-corrected chi connectivity index (χ1v) is 4.28. The van der Waals surface area contributed by atoms with E-state index in [-0.39, 0.29) is 0 Å². The summed E-state index contributed by atoms with van der Waals surface area (Å²) in [4.78, 5) is 32.1. The first-order chi connectivity index (χ1) is 7.17. The summed E-state index contributed by atoms with van der Waals surface area (Å²) in [5.41, 5.74) is 10.7. The number of carbonyl (C=O) groups is 3. The van der Waals surface area contributed by atoms with Crippen molar-refractivity contribution < 1.29 is 28.6 Å². The molecule has 0 aromatic heterocycles. The lowest BCUT2D eigenvalue weighted by molar-refractivity contribution is -0.260. The van der Waals surface area contributed by atoms with E-state index in [9.17, 15) is 14.4 Å². The molecule has 0 heterocycles. The summed E-state index contributed by atoms with van der Waals surface area (Å²) in [6.07, 6.45) is -1.61. The number of nitrogens with two attached hydrogens (primary N) is 2. The molecule has 8 nitrogen and oxygen atoms in total. The highest BCUT2D eigenvalue weighted by Crippen LogP contribution is 2.12. The van der Waals surface area contributed by atoms with Crippen LogP contribution in [0.4, 0.5) is 0 Å². The van der Waals surface area contributed by atoms with E-state index in [1.165, 1.54) is 0 Å². The standard InChI is InChI=1S/C8H14N2O6/c1-4(11)14-7(9)8(10,15-5(2)12)16-6(3)13/h7H,9-10H2,1-3H3. The van der Waals surface area contributed by atoms with Crippen LogP contribution in [0.1, 0.15) is 20.8 Å². The number of esters is 3. The molecule has 0 aliphatic heterocycles. The number of hydrogen-bond acceptors (Lipinski definition) is 8. The van der Waals surface area contributed by atoms with Crippen molar-refractivity contribution in [2.75, 3.05) is 0 Å². The zero-order valence-electron chi connectivity index (χ0n) is 9.18. The molecule has 0 aliphatic rings. The molecule has 1 unspecified atom stereocenters. The average Bonchev–Trinajstić information content (AvgIpc) is 1.98. The van der Waals surface area contributed by atoms with Gasteiger partial charge in [0.05, 0.1) is 0 Å². The van der Waals surface area contributed by atoms with E-state index >= 15 is 0 Å². The number of hydrogen-bond donors (Lipinski definition) is 2. The Kier molecular flexibility index (Phi) is 4.86. The molecule has 0 bridgehead atoms. The maximum atomic E-state index is 10.7. The van der Waals surface area contributed by atoms with Gasteiger partial charge in [0.2, 0.25) is 6.23 Å². The Morgan fingerprint density at radius 2 is 1.38 bits per heavy atom. The van der Waals surface area contributed by atoms with Crippen molar-refractivity contribution in [1.82, 2.24) is 0 Å². The van der Waals surface area contributed by atoms with Gasteiger partial charge in [-0.25, -0.2) is 0 Å². The van der Waals surface area contributed by atoms with Crippen LogP contribution in [0.5, 0.6) is 0 Å². The molecule has 0 aromatic rings. The van der Waals surface area contributed by atoms with Crippen molar-refractivity contribution in [3.05, 3.63) is 0 Å². The Hall–Kier alpha value is -1.67. The molecular weight excluding hydrogens is 220 g/mol. The minimum Gasteiger partial charge on any atom is -0.437 e. The van der Waals surface area contributed by atoms with Crippen LogP contribution < -0.4 is 11.5 Å². The predicted octanol–water partition coefficient (Wildman–Crippen LogP) is -1.43. The summed E-state index contributed by atoms with van der Waals surface area (Å²) in [7, 11) is 0. The second kappa shape index (κ2) is 5.42.